The molecule has 4 aliphatic rings. The van der Waals surface area contributed by atoms with Crippen molar-refractivity contribution < 1.29 is 19.1 Å². The van der Waals surface area contributed by atoms with Gasteiger partial charge in [0, 0.05) is 18.3 Å². The van der Waals surface area contributed by atoms with Crippen molar-refractivity contribution in [2.45, 2.75) is 77.7 Å². The van der Waals surface area contributed by atoms with Crippen LogP contribution in [0.15, 0.2) is 0 Å². The number of ketones is 2. The van der Waals surface area contributed by atoms with E-state index in [4.69, 9.17) is 0 Å². The van der Waals surface area contributed by atoms with Gasteiger partial charge in [0.25, 0.3) is 0 Å². The monoisotopic (exact) mass is 364 g/mol. The molecule has 0 aromatic rings. The van der Waals surface area contributed by atoms with Crippen LogP contribution in [0.5, 0.6) is 0 Å². The molecule has 0 radical (unpaired) electrons. The van der Waals surface area contributed by atoms with Crippen molar-refractivity contribution in [1.29, 1.82) is 0 Å². The van der Waals surface area contributed by atoms with Crippen molar-refractivity contribution in [3.05, 3.63) is 0 Å². The second-order valence-corrected chi connectivity index (χ2v) is 10.3. The summed E-state index contributed by atoms with van der Waals surface area (Å²) in [6.45, 7) is 5.58. The van der Waals surface area contributed by atoms with Gasteiger partial charge >= 0.3 is 0 Å². The van der Waals surface area contributed by atoms with E-state index in [2.05, 4.69) is 13.8 Å². The minimum atomic E-state index is -1.21. The minimum absolute atomic E-state index is 0.0336. The Morgan fingerprint density at radius 2 is 1.85 bits per heavy atom. The number of rotatable bonds is 2. The molecule has 0 spiro atoms. The lowest BCUT2D eigenvalue weighted by atomic mass is 9.42. The predicted octanol–water partition coefficient (Wildman–Crippen LogP) is 4.11. The maximum absolute atomic E-state index is 14.0. The Kier molecular flexibility index (Phi) is 4.19. The molecular formula is C22H33FO3. The second-order valence-electron chi connectivity index (χ2n) is 10.3. The van der Waals surface area contributed by atoms with Gasteiger partial charge in [0.2, 0.25) is 0 Å². The zero-order valence-electron chi connectivity index (χ0n) is 16.4. The summed E-state index contributed by atoms with van der Waals surface area (Å²) in [5.74, 6) is 1.49. The van der Waals surface area contributed by atoms with Gasteiger partial charge in [-0.15, -0.1) is 0 Å². The molecule has 8 atom stereocenters. The van der Waals surface area contributed by atoms with Gasteiger partial charge in [0.1, 0.15) is 11.4 Å². The van der Waals surface area contributed by atoms with Gasteiger partial charge in [0.05, 0.1) is 6.67 Å². The maximum atomic E-state index is 14.0. The van der Waals surface area contributed by atoms with E-state index in [-0.39, 0.29) is 35.1 Å². The SMILES string of the molecule is CC(=O)[C@@]1(O)CC[C@H]2[C@@H]3C[C@H](CF)[C@H]4CC(=O)CC[C@]4(C)[C@H]3CC[C@@]21C. The molecule has 4 saturated carbocycles. The number of hydrogen-bond donors (Lipinski definition) is 1. The molecule has 146 valence electrons. The first-order valence-electron chi connectivity index (χ1n) is 10.5. The third-order valence-electron chi connectivity index (χ3n) is 9.60. The normalized spacial score (nSPS) is 53.6. The van der Waals surface area contributed by atoms with E-state index in [1.165, 1.54) is 6.92 Å². The van der Waals surface area contributed by atoms with Gasteiger partial charge in [-0.05, 0) is 80.5 Å². The highest BCUT2D eigenvalue weighted by Crippen LogP contribution is 2.69. The summed E-state index contributed by atoms with van der Waals surface area (Å²) < 4.78 is 14.0. The van der Waals surface area contributed by atoms with Crippen LogP contribution in [0.2, 0.25) is 0 Å². The van der Waals surface area contributed by atoms with Gasteiger partial charge in [0.15, 0.2) is 5.78 Å². The Morgan fingerprint density at radius 3 is 2.50 bits per heavy atom. The van der Waals surface area contributed by atoms with E-state index >= 15 is 0 Å². The molecule has 4 aliphatic carbocycles. The average Bonchev–Trinajstić information content (AvgIpc) is 2.88. The number of hydrogen-bond acceptors (Lipinski definition) is 3. The zero-order valence-corrected chi connectivity index (χ0v) is 16.4. The first kappa shape index (κ1) is 18.6. The standard InChI is InChI=1S/C22H33FO3/c1-13(24)22(26)9-6-18-16-10-14(12-23)19-11-15(25)4-7-20(19,2)17(16)5-8-21(18,22)3/h14,16-19,26H,4-12H2,1-3H3/t14-,16-,17+,18+,19-,20-,21+,22+/m1/s1. The van der Waals surface area contributed by atoms with E-state index in [9.17, 15) is 19.1 Å². The van der Waals surface area contributed by atoms with Crippen LogP contribution in [0.4, 0.5) is 4.39 Å². The first-order chi connectivity index (χ1) is 12.2. The summed E-state index contributed by atoms with van der Waals surface area (Å²) in [6, 6.07) is 0. The Morgan fingerprint density at radius 1 is 1.15 bits per heavy atom. The van der Waals surface area contributed by atoms with Gasteiger partial charge in [-0.2, -0.15) is 0 Å². The zero-order chi connectivity index (χ0) is 18.9. The predicted molar refractivity (Wildman–Crippen MR) is 97.2 cm³/mol. The van der Waals surface area contributed by atoms with E-state index in [0.29, 0.717) is 42.8 Å². The number of aliphatic hydroxyl groups is 1. The quantitative estimate of drug-likeness (QED) is 0.802. The van der Waals surface area contributed by atoms with Gasteiger partial charge < -0.3 is 5.11 Å². The van der Waals surface area contributed by atoms with Crippen LogP contribution >= 0.6 is 0 Å². The van der Waals surface area contributed by atoms with Gasteiger partial charge in [-0.1, -0.05) is 13.8 Å². The number of carbonyl (C=O) groups excluding carboxylic acids is 2. The van der Waals surface area contributed by atoms with Crippen LogP contribution in [0.1, 0.15) is 72.1 Å². The summed E-state index contributed by atoms with van der Waals surface area (Å²) in [7, 11) is 0. The minimum Gasteiger partial charge on any atom is -0.382 e. The van der Waals surface area contributed by atoms with Crippen LogP contribution in [-0.4, -0.2) is 28.9 Å². The molecule has 0 bridgehead atoms. The fraction of sp³-hybridized carbons (Fsp3) is 0.909. The van der Waals surface area contributed by atoms with Crippen molar-refractivity contribution in [3.63, 3.8) is 0 Å². The Bertz CT molecular complexity index is 633. The molecule has 0 aromatic carbocycles. The Hall–Kier alpha value is -0.770. The van der Waals surface area contributed by atoms with Crippen molar-refractivity contribution >= 4 is 11.6 Å². The highest BCUT2D eigenvalue weighted by molar-refractivity contribution is 5.86. The number of fused-ring (bicyclic) bond motifs is 5. The molecule has 0 aliphatic heterocycles. The lowest BCUT2D eigenvalue weighted by Gasteiger charge is -2.62. The first-order valence-corrected chi connectivity index (χ1v) is 10.5. The molecule has 4 fully saturated rings. The third kappa shape index (κ3) is 2.20. The summed E-state index contributed by atoms with van der Waals surface area (Å²) in [5, 5.41) is 11.2. The topological polar surface area (TPSA) is 54.4 Å². The number of carbonyl (C=O) groups is 2. The number of alkyl halides is 1. The molecule has 0 amide bonds. The van der Waals surface area contributed by atoms with Crippen LogP contribution in [0.25, 0.3) is 0 Å². The molecule has 3 nitrogen and oxygen atoms in total. The molecule has 1 N–H and O–H groups in total. The molecule has 4 rings (SSSR count). The summed E-state index contributed by atoms with van der Waals surface area (Å²) in [5.41, 5.74) is -1.56. The Balaban J connectivity index is 1.71. The molecule has 0 saturated heterocycles. The molecule has 4 heteroatoms. The van der Waals surface area contributed by atoms with E-state index in [1.807, 2.05) is 0 Å². The highest BCUT2D eigenvalue weighted by Gasteiger charge is 2.67. The molecule has 26 heavy (non-hydrogen) atoms. The third-order valence-corrected chi connectivity index (χ3v) is 9.60. The van der Waals surface area contributed by atoms with Gasteiger partial charge in [-0.25, -0.2) is 0 Å². The molecule has 0 aromatic heterocycles. The van der Waals surface area contributed by atoms with E-state index < -0.39 is 5.60 Å². The Labute approximate surface area is 156 Å². The lowest BCUT2D eigenvalue weighted by molar-refractivity contribution is -0.176. The molecular weight excluding hydrogens is 331 g/mol. The second kappa shape index (κ2) is 5.86. The largest absolute Gasteiger partial charge is 0.382 e. The van der Waals surface area contributed by atoms with E-state index in [0.717, 1.165) is 32.1 Å². The maximum Gasteiger partial charge on any atom is 0.161 e. The van der Waals surface area contributed by atoms with Gasteiger partial charge in [-0.3, -0.25) is 14.0 Å². The van der Waals surface area contributed by atoms with Crippen molar-refractivity contribution in [2.24, 2.45) is 40.4 Å². The van der Waals surface area contributed by atoms with Crippen LogP contribution in [0.3, 0.4) is 0 Å². The van der Waals surface area contributed by atoms with Crippen LogP contribution in [-0.2, 0) is 9.59 Å². The summed E-state index contributed by atoms with van der Waals surface area (Å²) >= 11 is 0. The molecule has 0 heterocycles. The molecule has 0 unspecified atom stereocenters. The van der Waals surface area contributed by atoms with E-state index in [1.54, 1.807) is 0 Å². The van der Waals surface area contributed by atoms with Crippen LogP contribution in [0, 0.1) is 40.4 Å². The van der Waals surface area contributed by atoms with Crippen molar-refractivity contribution in [2.75, 3.05) is 6.67 Å². The van der Waals surface area contributed by atoms with Crippen LogP contribution < -0.4 is 0 Å². The van der Waals surface area contributed by atoms with Crippen molar-refractivity contribution in [3.8, 4) is 0 Å². The fourth-order valence-electron chi connectivity index (χ4n) is 8.05. The summed E-state index contributed by atoms with van der Waals surface area (Å²) in [4.78, 5) is 24.4. The number of Topliss-reactive ketones (excluding diaryl/α,β-unsaturated/α-hetero) is 2. The summed E-state index contributed by atoms with van der Waals surface area (Å²) in [6.07, 6.45) is 6.16. The smallest absolute Gasteiger partial charge is 0.161 e. The van der Waals surface area contributed by atoms with Crippen molar-refractivity contribution in [1.82, 2.24) is 0 Å². The highest BCUT2D eigenvalue weighted by atomic mass is 19.1. The number of halogens is 1. The fourth-order valence-corrected chi connectivity index (χ4v) is 8.05. The average molecular weight is 365 g/mol. The lowest BCUT2D eigenvalue weighted by Crippen LogP contribution is -2.60.